The highest BCUT2D eigenvalue weighted by Crippen LogP contribution is 2.42. The summed E-state index contributed by atoms with van der Waals surface area (Å²) < 4.78 is 11.8. The number of amides is 1. The number of hydrogen-bond acceptors (Lipinski definition) is 5. The van der Waals surface area contributed by atoms with Gasteiger partial charge in [-0.2, -0.15) is 0 Å². The predicted octanol–water partition coefficient (Wildman–Crippen LogP) is 6.08. The van der Waals surface area contributed by atoms with E-state index in [9.17, 15) is 4.79 Å². The van der Waals surface area contributed by atoms with Crippen LogP contribution in [0.15, 0.2) is 77.5 Å². The van der Waals surface area contributed by atoms with Crippen molar-refractivity contribution in [1.82, 2.24) is 10.3 Å². The molecule has 0 saturated heterocycles. The summed E-state index contributed by atoms with van der Waals surface area (Å²) in [7, 11) is 1.65. The zero-order valence-electron chi connectivity index (χ0n) is 17.6. The Bertz CT molecular complexity index is 1380. The highest BCUT2D eigenvalue weighted by Gasteiger charge is 2.21. The van der Waals surface area contributed by atoms with E-state index < -0.39 is 0 Å². The lowest BCUT2D eigenvalue weighted by Gasteiger charge is -2.07. The number of fused-ring (bicyclic) bond motifs is 3. The van der Waals surface area contributed by atoms with Gasteiger partial charge in [-0.25, -0.2) is 0 Å². The molecule has 5 aromatic rings. The molecule has 160 valence electrons. The van der Waals surface area contributed by atoms with Crippen LogP contribution in [0, 0.1) is 0 Å². The first kappa shape index (κ1) is 20.3. The number of aromatic nitrogens is 1. The van der Waals surface area contributed by atoms with Gasteiger partial charge >= 0.3 is 0 Å². The van der Waals surface area contributed by atoms with E-state index in [-0.39, 0.29) is 5.91 Å². The number of ether oxygens (including phenoxy) is 1. The molecule has 0 unspecified atom stereocenters. The average Bonchev–Trinajstić information content (AvgIpc) is 3.50. The quantitative estimate of drug-likeness (QED) is 0.310. The number of aryl methyl sites for hydroxylation is 1. The number of benzene rings is 2. The third-order valence-electron chi connectivity index (χ3n) is 5.46. The largest absolute Gasteiger partial charge is 0.497 e. The molecule has 1 amide bonds. The van der Waals surface area contributed by atoms with Crippen LogP contribution in [0.1, 0.15) is 21.9 Å². The van der Waals surface area contributed by atoms with Crippen molar-refractivity contribution in [3.05, 3.63) is 83.8 Å². The fourth-order valence-electron chi connectivity index (χ4n) is 3.89. The topological polar surface area (TPSA) is 64.4 Å². The van der Waals surface area contributed by atoms with Gasteiger partial charge in [-0.3, -0.25) is 9.78 Å². The Morgan fingerprint density at radius 1 is 1.09 bits per heavy atom. The van der Waals surface area contributed by atoms with Gasteiger partial charge in [0, 0.05) is 40.2 Å². The number of thiophene rings is 1. The highest BCUT2D eigenvalue weighted by atomic mass is 32.1. The number of rotatable bonds is 7. The molecule has 0 radical (unpaired) electrons. The second kappa shape index (κ2) is 8.85. The van der Waals surface area contributed by atoms with Crippen LogP contribution in [0.5, 0.6) is 5.75 Å². The maximum Gasteiger partial charge on any atom is 0.262 e. The number of furan rings is 1. The Hall–Kier alpha value is -3.64. The lowest BCUT2D eigenvalue weighted by atomic mass is 10.0. The van der Waals surface area contributed by atoms with Crippen LogP contribution < -0.4 is 10.1 Å². The van der Waals surface area contributed by atoms with E-state index in [0.29, 0.717) is 11.4 Å². The molecule has 3 aromatic heterocycles. The summed E-state index contributed by atoms with van der Waals surface area (Å²) in [5.41, 5.74) is 2.81. The standard InChI is InChI=1S/C26H22N2O3S/c1-30-19-11-12-22-20(15-19)24-21(16-28-22)23(17-7-3-2-4-8-17)25(32-24)26(29)27-13-5-9-18-10-6-14-31-18/h2-4,6-8,10-12,14-16H,5,9,13H2,1H3,(H,27,29). The summed E-state index contributed by atoms with van der Waals surface area (Å²) in [5, 5.41) is 5.05. The Balaban J connectivity index is 1.54. The van der Waals surface area contributed by atoms with Crippen LogP contribution in [0.3, 0.4) is 0 Å². The first-order valence-corrected chi connectivity index (χ1v) is 11.3. The van der Waals surface area contributed by atoms with Gasteiger partial charge < -0.3 is 14.5 Å². The zero-order valence-corrected chi connectivity index (χ0v) is 18.4. The van der Waals surface area contributed by atoms with Crippen molar-refractivity contribution in [2.75, 3.05) is 13.7 Å². The molecule has 0 aliphatic rings. The Morgan fingerprint density at radius 2 is 1.97 bits per heavy atom. The first-order valence-electron chi connectivity index (χ1n) is 10.5. The normalized spacial score (nSPS) is 11.2. The number of carbonyl (C=O) groups excluding carboxylic acids is 1. The molecule has 1 N–H and O–H groups in total. The van der Waals surface area contributed by atoms with Crippen LogP contribution in [-0.4, -0.2) is 24.5 Å². The fourth-order valence-corrected chi connectivity index (χ4v) is 5.13. The van der Waals surface area contributed by atoms with Crippen molar-refractivity contribution < 1.29 is 13.9 Å². The second-order valence-corrected chi connectivity index (χ2v) is 8.52. The van der Waals surface area contributed by atoms with Crippen LogP contribution >= 0.6 is 11.3 Å². The van der Waals surface area contributed by atoms with E-state index in [1.54, 1.807) is 13.4 Å². The summed E-state index contributed by atoms with van der Waals surface area (Å²) >= 11 is 1.51. The maximum absolute atomic E-state index is 13.3. The molecule has 2 aromatic carbocycles. The first-order chi connectivity index (χ1) is 15.7. The monoisotopic (exact) mass is 442 g/mol. The Labute approximate surface area is 189 Å². The van der Waals surface area contributed by atoms with Crippen molar-refractivity contribution in [1.29, 1.82) is 0 Å². The number of nitrogens with one attached hydrogen (secondary N) is 1. The Kier molecular flexibility index (Phi) is 5.60. The zero-order chi connectivity index (χ0) is 21.9. The third-order valence-corrected chi connectivity index (χ3v) is 6.70. The van der Waals surface area contributed by atoms with Gasteiger partial charge in [0.05, 0.1) is 18.9 Å². The number of hydrogen-bond donors (Lipinski definition) is 1. The summed E-state index contributed by atoms with van der Waals surface area (Å²) in [6.07, 6.45) is 5.15. The highest BCUT2D eigenvalue weighted by molar-refractivity contribution is 7.22. The number of nitrogens with zero attached hydrogens (tertiary/aromatic N) is 1. The van der Waals surface area contributed by atoms with Crippen molar-refractivity contribution in [3.63, 3.8) is 0 Å². The molecule has 0 spiro atoms. The minimum Gasteiger partial charge on any atom is -0.497 e. The molecular formula is C26H22N2O3S. The van der Waals surface area contributed by atoms with Crippen molar-refractivity contribution in [2.24, 2.45) is 0 Å². The molecule has 3 heterocycles. The van der Waals surface area contributed by atoms with Crippen molar-refractivity contribution >= 4 is 38.2 Å². The van der Waals surface area contributed by atoms with E-state index in [0.717, 1.165) is 56.5 Å². The van der Waals surface area contributed by atoms with Crippen LogP contribution in [-0.2, 0) is 6.42 Å². The van der Waals surface area contributed by atoms with E-state index in [1.165, 1.54) is 11.3 Å². The second-order valence-electron chi connectivity index (χ2n) is 7.50. The summed E-state index contributed by atoms with van der Waals surface area (Å²) in [6, 6.07) is 19.7. The van der Waals surface area contributed by atoms with Crippen molar-refractivity contribution in [3.8, 4) is 16.9 Å². The molecular weight excluding hydrogens is 420 g/mol. The number of methoxy groups -OCH3 is 1. The molecule has 0 saturated carbocycles. The minimum absolute atomic E-state index is 0.0689. The van der Waals surface area contributed by atoms with Crippen molar-refractivity contribution in [2.45, 2.75) is 12.8 Å². The number of pyridine rings is 1. The smallest absolute Gasteiger partial charge is 0.262 e. The van der Waals surface area contributed by atoms with Gasteiger partial charge in [0.25, 0.3) is 5.91 Å². The molecule has 5 rings (SSSR count). The lowest BCUT2D eigenvalue weighted by Crippen LogP contribution is -2.24. The summed E-state index contributed by atoms with van der Waals surface area (Å²) in [4.78, 5) is 18.6. The molecule has 6 heteroatoms. The van der Waals surface area contributed by atoms with Crippen LogP contribution in [0.25, 0.3) is 32.1 Å². The third kappa shape index (κ3) is 3.85. The molecule has 0 aliphatic heterocycles. The van der Waals surface area contributed by atoms with Crippen LogP contribution in [0.4, 0.5) is 0 Å². The average molecular weight is 443 g/mol. The van der Waals surface area contributed by atoms with Gasteiger partial charge in [0.2, 0.25) is 0 Å². The summed E-state index contributed by atoms with van der Waals surface area (Å²) in [5.74, 6) is 1.63. The predicted molar refractivity (Wildman–Crippen MR) is 128 cm³/mol. The number of carbonyl (C=O) groups is 1. The van der Waals surface area contributed by atoms with E-state index in [1.807, 2.05) is 66.9 Å². The van der Waals surface area contributed by atoms with Gasteiger partial charge in [-0.1, -0.05) is 30.3 Å². The van der Waals surface area contributed by atoms with E-state index in [4.69, 9.17) is 9.15 Å². The molecule has 5 nitrogen and oxygen atoms in total. The van der Waals surface area contributed by atoms with Gasteiger partial charge in [0.15, 0.2) is 0 Å². The fraction of sp³-hybridized carbons (Fsp3) is 0.154. The van der Waals surface area contributed by atoms with E-state index in [2.05, 4.69) is 10.3 Å². The van der Waals surface area contributed by atoms with Gasteiger partial charge in [-0.05, 0) is 42.3 Å². The van der Waals surface area contributed by atoms with E-state index >= 15 is 0 Å². The van der Waals surface area contributed by atoms with Crippen LogP contribution in [0.2, 0.25) is 0 Å². The molecule has 0 fully saturated rings. The lowest BCUT2D eigenvalue weighted by molar-refractivity contribution is 0.0957. The van der Waals surface area contributed by atoms with Gasteiger partial charge in [-0.15, -0.1) is 11.3 Å². The maximum atomic E-state index is 13.3. The van der Waals surface area contributed by atoms with Gasteiger partial charge in [0.1, 0.15) is 16.4 Å². The molecule has 0 bridgehead atoms. The molecule has 0 atom stereocenters. The Morgan fingerprint density at radius 3 is 2.75 bits per heavy atom. The minimum atomic E-state index is -0.0689. The SMILES string of the molecule is COc1ccc2ncc3c(-c4ccccc4)c(C(=O)NCCCc4ccco4)sc3c2c1. The summed E-state index contributed by atoms with van der Waals surface area (Å²) in [6.45, 7) is 0.578. The molecule has 0 aliphatic carbocycles. The molecule has 32 heavy (non-hydrogen) atoms.